The van der Waals surface area contributed by atoms with Crippen molar-refractivity contribution in [2.24, 2.45) is 0 Å². The number of esters is 1. The van der Waals surface area contributed by atoms with E-state index in [0.29, 0.717) is 5.75 Å². The second kappa shape index (κ2) is 5.50. The van der Waals surface area contributed by atoms with Crippen LogP contribution in [0.2, 0.25) is 0 Å². The van der Waals surface area contributed by atoms with Gasteiger partial charge in [-0.25, -0.2) is 0 Å². The summed E-state index contributed by atoms with van der Waals surface area (Å²) >= 11 is 0. The first kappa shape index (κ1) is 12.4. The summed E-state index contributed by atoms with van der Waals surface area (Å²) in [7, 11) is 0. The van der Waals surface area contributed by atoms with Gasteiger partial charge in [0.1, 0.15) is 5.75 Å². The quantitative estimate of drug-likeness (QED) is 0.604. The molecule has 2 rings (SSSR count). The molecule has 0 radical (unpaired) electrons. The third-order valence-corrected chi connectivity index (χ3v) is 2.89. The fourth-order valence-electron chi connectivity index (χ4n) is 1.68. The molecular formula is C16H16O2. The standard InChI is InChI=1S/C16H16O2/c1-12-8-10-14(11-9-12)13(2)16(17)18-15-6-4-3-5-7-15/h3-11,13H,1-2H3/t13-/m1/s1. The van der Waals surface area contributed by atoms with E-state index in [2.05, 4.69) is 0 Å². The molecule has 0 amide bonds. The normalized spacial score (nSPS) is 11.9. The van der Waals surface area contributed by atoms with E-state index in [0.717, 1.165) is 5.56 Å². The molecule has 0 aliphatic heterocycles. The lowest BCUT2D eigenvalue weighted by atomic mass is 10.0. The first-order valence-corrected chi connectivity index (χ1v) is 6.00. The molecule has 0 bridgehead atoms. The average Bonchev–Trinajstić information content (AvgIpc) is 2.40. The first-order valence-electron chi connectivity index (χ1n) is 6.00. The van der Waals surface area contributed by atoms with Crippen LogP contribution in [0.1, 0.15) is 24.0 Å². The Morgan fingerprint density at radius 3 is 2.22 bits per heavy atom. The molecule has 0 spiro atoms. The van der Waals surface area contributed by atoms with Crippen LogP contribution in [0.5, 0.6) is 5.75 Å². The lowest BCUT2D eigenvalue weighted by molar-refractivity contribution is -0.135. The Kier molecular flexibility index (Phi) is 3.78. The summed E-state index contributed by atoms with van der Waals surface area (Å²) in [6.07, 6.45) is 0. The fourth-order valence-corrected chi connectivity index (χ4v) is 1.68. The number of aryl methyl sites for hydroxylation is 1. The molecule has 2 heteroatoms. The molecule has 0 fully saturated rings. The maximum Gasteiger partial charge on any atom is 0.318 e. The molecule has 0 heterocycles. The van der Waals surface area contributed by atoms with E-state index in [1.54, 1.807) is 12.1 Å². The van der Waals surface area contributed by atoms with Crippen LogP contribution >= 0.6 is 0 Å². The second-order valence-corrected chi connectivity index (χ2v) is 4.37. The summed E-state index contributed by atoms with van der Waals surface area (Å²) in [4.78, 5) is 12.0. The predicted octanol–water partition coefficient (Wildman–Crippen LogP) is 3.70. The number of benzene rings is 2. The molecule has 0 saturated heterocycles. The van der Waals surface area contributed by atoms with Crippen LogP contribution in [0.3, 0.4) is 0 Å². The summed E-state index contributed by atoms with van der Waals surface area (Å²) < 4.78 is 5.32. The summed E-state index contributed by atoms with van der Waals surface area (Å²) in [5.74, 6) is 0.0947. The summed E-state index contributed by atoms with van der Waals surface area (Å²) in [6, 6.07) is 17.1. The lowest BCUT2D eigenvalue weighted by Crippen LogP contribution is -2.16. The third kappa shape index (κ3) is 2.98. The van der Waals surface area contributed by atoms with Crippen LogP contribution in [-0.2, 0) is 4.79 Å². The maximum absolute atomic E-state index is 12.0. The van der Waals surface area contributed by atoms with E-state index in [9.17, 15) is 4.79 Å². The Bertz CT molecular complexity index is 515. The van der Waals surface area contributed by atoms with Crippen molar-refractivity contribution >= 4 is 5.97 Å². The molecule has 0 aromatic heterocycles. The monoisotopic (exact) mass is 240 g/mol. The third-order valence-electron chi connectivity index (χ3n) is 2.89. The van der Waals surface area contributed by atoms with Gasteiger partial charge in [0, 0.05) is 0 Å². The van der Waals surface area contributed by atoms with Gasteiger partial charge >= 0.3 is 5.97 Å². The Morgan fingerprint density at radius 1 is 1.00 bits per heavy atom. The Morgan fingerprint density at radius 2 is 1.61 bits per heavy atom. The largest absolute Gasteiger partial charge is 0.426 e. The van der Waals surface area contributed by atoms with E-state index in [1.807, 2.05) is 56.3 Å². The highest BCUT2D eigenvalue weighted by Crippen LogP contribution is 2.19. The van der Waals surface area contributed by atoms with Crippen LogP contribution in [0.25, 0.3) is 0 Å². The van der Waals surface area contributed by atoms with Crippen LogP contribution < -0.4 is 4.74 Å². The number of hydrogen-bond acceptors (Lipinski definition) is 2. The molecular weight excluding hydrogens is 224 g/mol. The van der Waals surface area contributed by atoms with Crippen LogP contribution in [0, 0.1) is 6.92 Å². The highest BCUT2D eigenvalue weighted by Gasteiger charge is 2.17. The van der Waals surface area contributed by atoms with Gasteiger partial charge in [-0.1, -0.05) is 48.0 Å². The van der Waals surface area contributed by atoms with Crippen LogP contribution in [-0.4, -0.2) is 5.97 Å². The number of rotatable bonds is 3. The Labute approximate surface area is 107 Å². The van der Waals surface area contributed by atoms with E-state index in [4.69, 9.17) is 4.74 Å². The Hall–Kier alpha value is -2.09. The molecule has 1 atom stereocenters. The van der Waals surface area contributed by atoms with Gasteiger partial charge in [-0.2, -0.15) is 0 Å². The topological polar surface area (TPSA) is 26.3 Å². The summed E-state index contributed by atoms with van der Waals surface area (Å²) in [5.41, 5.74) is 2.16. The number of hydrogen-bond donors (Lipinski definition) is 0. The van der Waals surface area contributed by atoms with Crippen molar-refractivity contribution in [2.45, 2.75) is 19.8 Å². The molecule has 0 aliphatic rings. The molecule has 0 aliphatic carbocycles. The van der Waals surface area contributed by atoms with Crippen molar-refractivity contribution in [3.05, 3.63) is 65.7 Å². The van der Waals surface area contributed by atoms with Gasteiger partial charge in [0.15, 0.2) is 0 Å². The van der Waals surface area contributed by atoms with E-state index in [1.165, 1.54) is 5.56 Å². The van der Waals surface area contributed by atoms with E-state index >= 15 is 0 Å². The van der Waals surface area contributed by atoms with Gasteiger partial charge in [0.05, 0.1) is 5.92 Å². The molecule has 2 aromatic rings. The highest BCUT2D eigenvalue weighted by molar-refractivity contribution is 5.79. The molecule has 0 unspecified atom stereocenters. The van der Waals surface area contributed by atoms with Gasteiger partial charge in [0.25, 0.3) is 0 Å². The molecule has 0 N–H and O–H groups in total. The van der Waals surface area contributed by atoms with Gasteiger partial charge in [-0.15, -0.1) is 0 Å². The molecule has 18 heavy (non-hydrogen) atoms. The first-order chi connectivity index (χ1) is 8.66. The van der Waals surface area contributed by atoms with Gasteiger partial charge in [-0.05, 0) is 31.5 Å². The zero-order valence-corrected chi connectivity index (χ0v) is 10.6. The van der Waals surface area contributed by atoms with E-state index < -0.39 is 0 Å². The number of ether oxygens (including phenoxy) is 1. The Balaban J connectivity index is 2.07. The predicted molar refractivity (Wildman–Crippen MR) is 71.7 cm³/mol. The van der Waals surface area contributed by atoms with E-state index in [-0.39, 0.29) is 11.9 Å². The van der Waals surface area contributed by atoms with Crippen molar-refractivity contribution in [1.82, 2.24) is 0 Å². The average molecular weight is 240 g/mol. The van der Waals surface area contributed by atoms with Crippen molar-refractivity contribution in [3.8, 4) is 5.75 Å². The van der Waals surface area contributed by atoms with Gasteiger partial charge < -0.3 is 4.74 Å². The molecule has 92 valence electrons. The van der Waals surface area contributed by atoms with Crippen molar-refractivity contribution in [3.63, 3.8) is 0 Å². The SMILES string of the molecule is Cc1ccc([C@@H](C)C(=O)Oc2ccccc2)cc1. The molecule has 0 saturated carbocycles. The highest BCUT2D eigenvalue weighted by atomic mass is 16.5. The number of para-hydroxylation sites is 1. The molecule has 2 nitrogen and oxygen atoms in total. The second-order valence-electron chi connectivity index (χ2n) is 4.37. The number of carbonyl (C=O) groups is 1. The van der Waals surface area contributed by atoms with Crippen LogP contribution in [0.4, 0.5) is 0 Å². The minimum Gasteiger partial charge on any atom is -0.426 e. The lowest BCUT2D eigenvalue weighted by Gasteiger charge is -2.11. The zero-order chi connectivity index (χ0) is 13.0. The van der Waals surface area contributed by atoms with Gasteiger partial charge in [0.2, 0.25) is 0 Å². The van der Waals surface area contributed by atoms with Crippen molar-refractivity contribution < 1.29 is 9.53 Å². The molecule has 2 aromatic carbocycles. The minimum absolute atomic E-state index is 0.231. The minimum atomic E-state index is -0.259. The smallest absolute Gasteiger partial charge is 0.318 e. The van der Waals surface area contributed by atoms with Crippen molar-refractivity contribution in [1.29, 1.82) is 0 Å². The van der Waals surface area contributed by atoms with Crippen LogP contribution in [0.15, 0.2) is 54.6 Å². The van der Waals surface area contributed by atoms with Crippen molar-refractivity contribution in [2.75, 3.05) is 0 Å². The maximum atomic E-state index is 12.0. The number of carbonyl (C=O) groups excluding carboxylic acids is 1. The summed E-state index contributed by atoms with van der Waals surface area (Å²) in [6.45, 7) is 3.88. The zero-order valence-electron chi connectivity index (χ0n) is 10.6. The van der Waals surface area contributed by atoms with Gasteiger partial charge in [-0.3, -0.25) is 4.79 Å². The fraction of sp³-hybridized carbons (Fsp3) is 0.188. The summed E-state index contributed by atoms with van der Waals surface area (Å²) in [5, 5.41) is 0.